The van der Waals surface area contributed by atoms with Gasteiger partial charge in [0.2, 0.25) is 15.9 Å². The SMILES string of the molecule is CS(=O)(=O)N1CC[C@@H]2[C@@H]1CCN2C(=O)CCc1ccccc1. The minimum Gasteiger partial charge on any atom is -0.338 e. The predicted molar refractivity (Wildman–Crippen MR) is 84.8 cm³/mol. The molecule has 0 spiro atoms. The van der Waals surface area contributed by atoms with Crippen LogP contribution in [0.15, 0.2) is 30.3 Å². The van der Waals surface area contributed by atoms with Gasteiger partial charge in [-0.15, -0.1) is 0 Å². The molecule has 2 aliphatic rings. The van der Waals surface area contributed by atoms with Crippen LogP contribution in [0.1, 0.15) is 24.8 Å². The highest BCUT2D eigenvalue weighted by molar-refractivity contribution is 7.88. The van der Waals surface area contributed by atoms with E-state index in [2.05, 4.69) is 0 Å². The molecular weight excluding hydrogens is 300 g/mol. The second kappa shape index (κ2) is 6.01. The molecule has 0 aliphatic carbocycles. The molecule has 120 valence electrons. The van der Waals surface area contributed by atoms with Crippen LogP contribution in [0.3, 0.4) is 0 Å². The smallest absolute Gasteiger partial charge is 0.223 e. The Labute approximate surface area is 132 Å². The summed E-state index contributed by atoms with van der Waals surface area (Å²) in [4.78, 5) is 14.4. The number of likely N-dealkylation sites (tertiary alicyclic amines) is 1. The molecule has 2 atom stereocenters. The number of nitrogens with zero attached hydrogens (tertiary/aromatic N) is 2. The monoisotopic (exact) mass is 322 g/mol. The third kappa shape index (κ3) is 3.03. The van der Waals surface area contributed by atoms with Crippen molar-refractivity contribution in [3.63, 3.8) is 0 Å². The number of benzene rings is 1. The zero-order valence-corrected chi connectivity index (χ0v) is 13.6. The number of carbonyl (C=O) groups excluding carboxylic acids is 1. The third-order valence-electron chi connectivity index (χ3n) is 4.74. The number of hydrogen-bond donors (Lipinski definition) is 0. The lowest BCUT2D eigenvalue weighted by Crippen LogP contribution is -2.41. The van der Waals surface area contributed by atoms with Gasteiger partial charge in [0, 0.05) is 31.6 Å². The van der Waals surface area contributed by atoms with Crippen LogP contribution in [0.4, 0.5) is 0 Å². The number of carbonyl (C=O) groups is 1. The fourth-order valence-corrected chi connectivity index (χ4v) is 4.88. The van der Waals surface area contributed by atoms with Crippen LogP contribution in [0.5, 0.6) is 0 Å². The van der Waals surface area contributed by atoms with Gasteiger partial charge in [0.25, 0.3) is 0 Å². The van der Waals surface area contributed by atoms with E-state index in [-0.39, 0.29) is 18.0 Å². The number of sulfonamides is 1. The first-order chi connectivity index (χ1) is 10.5. The molecule has 22 heavy (non-hydrogen) atoms. The summed E-state index contributed by atoms with van der Waals surface area (Å²) in [7, 11) is -3.17. The molecule has 2 fully saturated rings. The number of hydrogen-bond acceptors (Lipinski definition) is 3. The molecule has 1 amide bonds. The van der Waals surface area contributed by atoms with E-state index in [1.54, 1.807) is 4.31 Å². The van der Waals surface area contributed by atoms with E-state index in [1.807, 2.05) is 35.2 Å². The third-order valence-corrected chi connectivity index (χ3v) is 6.05. The lowest BCUT2D eigenvalue weighted by atomic mass is 10.1. The normalized spacial score (nSPS) is 25.4. The Morgan fingerprint density at radius 2 is 1.82 bits per heavy atom. The van der Waals surface area contributed by atoms with E-state index < -0.39 is 10.0 Å². The average Bonchev–Trinajstić information content (AvgIpc) is 3.06. The first-order valence-corrected chi connectivity index (χ1v) is 9.62. The van der Waals surface area contributed by atoms with Gasteiger partial charge in [-0.3, -0.25) is 4.79 Å². The van der Waals surface area contributed by atoms with E-state index in [0.717, 1.165) is 24.8 Å². The van der Waals surface area contributed by atoms with Gasteiger partial charge in [0.05, 0.1) is 6.26 Å². The topological polar surface area (TPSA) is 57.7 Å². The van der Waals surface area contributed by atoms with Crippen molar-refractivity contribution in [2.24, 2.45) is 0 Å². The van der Waals surface area contributed by atoms with Crippen LogP contribution < -0.4 is 0 Å². The summed E-state index contributed by atoms with van der Waals surface area (Å²) in [6.45, 7) is 1.21. The van der Waals surface area contributed by atoms with Crippen LogP contribution in [0, 0.1) is 0 Å². The van der Waals surface area contributed by atoms with Gasteiger partial charge >= 0.3 is 0 Å². The predicted octanol–water partition coefficient (Wildman–Crippen LogP) is 1.25. The van der Waals surface area contributed by atoms with E-state index in [9.17, 15) is 13.2 Å². The van der Waals surface area contributed by atoms with Gasteiger partial charge in [0.1, 0.15) is 0 Å². The van der Waals surface area contributed by atoms with Gasteiger partial charge in [0.15, 0.2) is 0 Å². The van der Waals surface area contributed by atoms with Crippen molar-refractivity contribution in [3.05, 3.63) is 35.9 Å². The van der Waals surface area contributed by atoms with Gasteiger partial charge in [-0.25, -0.2) is 8.42 Å². The quantitative estimate of drug-likeness (QED) is 0.838. The average molecular weight is 322 g/mol. The largest absolute Gasteiger partial charge is 0.338 e. The number of amides is 1. The van der Waals surface area contributed by atoms with Crippen LogP contribution in [0.2, 0.25) is 0 Å². The maximum absolute atomic E-state index is 12.5. The van der Waals surface area contributed by atoms with E-state index in [1.165, 1.54) is 6.26 Å². The van der Waals surface area contributed by atoms with E-state index >= 15 is 0 Å². The summed E-state index contributed by atoms with van der Waals surface area (Å²) in [5.41, 5.74) is 1.16. The maximum atomic E-state index is 12.5. The van der Waals surface area contributed by atoms with Crippen LogP contribution in [-0.4, -0.2) is 55.0 Å². The van der Waals surface area contributed by atoms with Crippen molar-refractivity contribution >= 4 is 15.9 Å². The molecule has 0 unspecified atom stereocenters. The maximum Gasteiger partial charge on any atom is 0.223 e. The standard InChI is InChI=1S/C16H22N2O3S/c1-22(20,21)18-12-10-14-15(18)9-11-17(14)16(19)8-7-13-5-3-2-4-6-13/h2-6,14-15H,7-12H2,1H3/t14-,15+/m1/s1. The summed E-state index contributed by atoms with van der Waals surface area (Å²) in [5, 5.41) is 0. The van der Waals surface area contributed by atoms with E-state index in [0.29, 0.717) is 19.5 Å². The molecule has 0 aromatic heterocycles. The van der Waals surface area contributed by atoms with Crippen molar-refractivity contribution in [3.8, 4) is 0 Å². The molecule has 5 nitrogen and oxygen atoms in total. The Kier molecular flexibility index (Phi) is 4.23. The highest BCUT2D eigenvalue weighted by Gasteiger charge is 2.47. The fourth-order valence-electron chi connectivity index (χ4n) is 3.71. The second-order valence-electron chi connectivity index (χ2n) is 6.16. The number of rotatable bonds is 4. The molecule has 0 radical (unpaired) electrons. The minimum absolute atomic E-state index is 0.0179. The Bertz CT molecular complexity index is 645. The zero-order valence-electron chi connectivity index (χ0n) is 12.8. The van der Waals surface area contributed by atoms with Gasteiger partial charge < -0.3 is 4.90 Å². The number of aryl methyl sites for hydroxylation is 1. The summed E-state index contributed by atoms with van der Waals surface area (Å²) in [5.74, 6) is 0.145. The molecule has 0 bridgehead atoms. The molecule has 6 heteroatoms. The highest BCUT2D eigenvalue weighted by Crippen LogP contribution is 2.33. The van der Waals surface area contributed by atoms with Crippen LogP contribution in [0.25, 0.3) is 0 Å². The summed E-state index contributed by atoms with van der Waals surface area (Å²) in [6, 6.07) is 10.0. The van der Waals surface area contributed by atoms with Crippen molar-refractivity contribution in [2.75, 3.05) is 19.3 Å². The van der Waals surface area contributed by atoms with E-state index in [4.69, 9.17) is 0 Å². The lowest BCUT2D eigenvalue weighted by Gasteiger charge is -2.24. The molecule has 1 aromatic carbocycles. The summed E-state index contributed by atoms with van der Waals surface area (Å²) < 4.78 is 25.1. The highest BCUT2D eigenvalue weighted by atomic mass is 32.2. The van der Waals surface area contributed by atoms with Crippen LogP contribution >= 0.6 is 0 Å². The van der Waals surface area contributed by atoms with Crippen molar-refractivity contribution in [1.82, 2.24) is 9.21 Å². The van der Waals surface area contributed by atoms with Gasteiger partial charge in [-0.1, -0.05) is 30.3 Å². The lowest BCUT2D eigenvalue weighted by molar-refractivity contribution is -0.131. The molecule has 2 heterocycles. The van der Waals surface area contributed by atoms with Crippen LogP contribution in [-0.2, 0) is 21.2 Å². The Balaban J connectivity index is 1.61. The molecule has 2 saturated heterocycles. The van der Waals surface area contributed by atoms with Gasteiger partial charge in [-0.2, -0.15) is 4.31 Å². The van der Waals surface area contributed by atoms with Crippen molar-refractivity contribution < 1.29 is 13.2 Å². The summed E-state index contributed by atoms with van der Waals surface area (Å²) in [6.07, 6.45) is 4.01. The minimum atomic E-state index is -3.17. The first kappa shape index (κ1) is 15.5. The first-order valence-electron chi connectivity index (χ1n) is 7.77. The fraction of sp³-hybridized carbons (Fsp3) is 0.562. The number of fused-ring (bicyclic) bond motifs is 1. The second-order valence-corrected chi connectivity index (χ2v) is 8.09. The Morgan fingerprint density at radius 3 is 2.50 bits per heavy atom. The van der Waals surface area contributed by atoms with Gasteiger partial charge in [-0.05, 0) is 24.8 Å². The Hall–Kier alpha value is -1.40. The Morgan fingerprint density at radius 1 is 1.14 bits per heavy atom. The molecule has 0 saturated carbocycles. The molecule has 0 N–H and O–H groups in total. The molecule has 2 aliphatic heterocycles. The summed E-state index contributed by atoms with van der Waals surface area (Å²) >= 11 is 0. The molecule has 3 rings (SSSR count). The zero-order chi connectivity index (χ0) is 15.7. The van der Waals surface area contributed by atoms with Crippen molar-refractivity contribution in [1.29, 1.82) is 0 Å². The molecular formula is C16H22N2O3S. The molecule has 1 aromatic rings. The van der Waals surface area contributed by atoms with Crippen molar-refractivity contribution in [2.45, 2.75) is 37.8 Å².